The number of ether oxygens (including phenoxy) is 1. The fourth-order valence-electron chi connectivity index (χ4n) is 3.88. The summed E-state index contributed by atoms with van der Waals surface area (Å²) < 4.78 is 5.62. The van der Waals surface area contributed by atoms with Gasteiger partial charge in [-0.2, -0.15) is 5.26 Å². The molecule has 0 N–H and O–H groups in total. The van der Waals surface area contributed by atoms with E-state index in [9.17, 15) is 5.26 Å². The Morgan fingerprint density at radius 2 is 2.16 bits per heavy atom. The third kappa shape index (κ3) is 3.30. The minimum Gasteiger partial charge on any atom is -0.378 e. The molecular weight excluding hydrogens is 236 g/mol. The average molecular weight is 264 g/mol. The summed E-state index contributed by atoms with van der Waals surface area (Å²) >= 11 is 0. The van der Waals surface area contributed by atoms with Crippen molar-refractivity contribution in [1.82, 2.24) is 4.90 Å². The Bertz CT molecular complexity index is 334. The molecule has 3 atom stereocenters. The molecule has 3 unspecified atom stereocenters. The van der Waals surface area contributed by atoms with Crippen molar-refractivity contribution in [2.24, 2.45) is 11.8 Å². The number of hydrogen-bond donors (Lipinski definition) is 0. The van der Waals surface area contributed by atoms with Gasteiger partial charge in [-0.1, -0.05) is 19.8 Å². The Morgan fingerprint density at radius 3 is 2.79 bits per heavy atom. The van der Waals surface area contributed by atoms with Crippen molar-refractivity contribution in [3.05, 3.63) is 0 Å². The smallest absolute Gasteiger partial charge is 0.0672 e. The number of nitriles is 1. The Hall–Kier alpha value is -0.590. The predicted octanol–water partition coefficient (Wildman–Crippen LogP) is 3.21. The van der Waals surface area contributed by atoms with E-state index in [1.54, 1.807) is 0 Å². The lowest BCUT2D eigenvalue weighted by atomic mass is 9.75. The van der Waals surface area contributed by atoms with E-state index in [4.69, 9.17) is 4.74 Å². The molecule has 0 radical (unpaired) electrons. The Labute approximate surface area is 117 Å². The molecule has 19 heavy (non-hydrogen) atoms. The van der Waals surface area contributed by atoms with Crippen LogP contribution in [0.1, 0.15) is 52.9 Å². The van der Waals surface area contributed by atoms with Crippen LogP contribution >= 0.6 is 0 Å². The van der Waals surface area contributed by atoms with Crippen molar-refractivity contribution in [2.75, 3.05) is 19.8 Å². The molecule has 0 aromatic rings. The molecule has 0 aromatic heterocycles. The third-order valence-corrected chi connectivity index (χ3v) is 4.90. The zero-order chi connectivity index (χ0) is 13.9. The number of nitrogens with zero attached hydrogens (tertiary/aromatic N) is 2. The van der Waals surface area contributed by atoms with Crippen LogP contribution in [-0.2, 0) is 4.74 Å². The highest BCUT2D eigenvalue weighted by Gasteiger charge is 2.41. The van der Waals surface area contributed by atoms with Gasteiger partial charge in [0.25, 0.3) is 0 Å². The second kappa shape index (κ2) is 6.24. The van der Waals surface area contributed by atoms with E-state index >= 15 is 0 Å². The summed E-state index contributed by atoms with van der Waals surface area (Å²) in [5.41, 5.74) is 0.0755. The van der Waals surface area contributed by atoms with E-state index in [0.29, 0.717) is 6.04 Å². The van der Waals surface area contributed by atoms with Crippen LogP contribution in [0.4, 0.5) is 0 Å². The number of rotatable bonds is 3. The van der Waals surface area contributed by atoms with Crippen molar-refractivity contribution in [3.63, 3.8) is 0 Å². The standard InChI is InChI=1S/C16H28N2O/c1-4-5-13-6-7-14(11-17)15(10-13)18-8-9-19-12-16(18,2)3/h13-15H,4-10,12H2,1-3H3. The molecule has 0 aromatic carbocycles. The van der Waals surface area contributed by atoms with Gasteiger partial charge in [-0.15, -0.1) is 0 Å². The SMILES string of the molecule is CCCC1CCC(C#N)C(N2CCOCC2(C)C)C1. The van der Waals surface area contributed by atoms with Crippen molar-refractivity contribution < 1.29 is 4.74 Å². The highest BCUT2D eigenvalue weighted by Crippen LogP contribution is 2.37. The fraction of sp³-hybridized carbons (Fsp3) is 0.938. The maximum Gasteiger partial charge on any atom is 0.0672 e. The topological polar surface area (TPSA) is 36.3 Å². The van der Waals surface area contributed by atoms with Crippen molar-refractivity contribution in [1.29, 1.82) is 5.26 Å². The van der Waals surface area contributed by atoms with Crippen LogP contribution in [0, 0.1) is 23.2 Å². The van der Waals surface area contributed by atoms with Crippen molar-refractivity contribution in [2.45, 2.75) is 64.5 Å². The van der Waals surface area contributed by atoms with Crippen molar-refractivity contribution in [3.8, 4) is 6.07 Å². The van der Waals surface area contributed by atoms with Crippen LogP contribution in [0.5, 0.6) is 0 Å². The Kier molecular flexibility index (Phi) is 4.86. The lowest BCUT2D eigenvalue weighted by molar-refractivity contribution is -0.0891. The summed E-state index contributed by atoms with van der Waals surface area (Å²) in [7, 11) is 0. The highest BCUT2D eigenvalue weighted by molar-refractivity contribution is 5.01. The van der Waals surface area contributed by atoms with Crippen LogP contribution in [0.15, 0.2) is 0 Å². The zero-order valence-corrected chi connectivity index (χ0v) is 12.7. The summed E-state index contributed by atoms with van der Waals surface area (Å²) in [5.74, 6) is 1.03. The summed E-state index contributed by atoms with van der Waals surface area (Å²) in [6, 6.07) is 3.01. The van der Waals surface area contributed by atoms with Gasteiger partial charge in [0, 0.05) is 18.1 Å². The molecule has 108 valence electrons. The van der Waals surface area contributed by atoms with Gasteiger partial charge in [-0.25, -0.2) is 0 Å². The molecule has 0 amide bonds. The maximum atomic E-state index is 9.47. The molecule has 2 rings (SSSR count). The molecule has 2 fully saturated rings. The quantitative estimate of drug-likeness (QED) is 0.785. The van der Waals surface area contributed by atoms with Gasteiger partial charge in [-0.3, -0.25) is 4.90 Å². The predicted molar refractivity (Wildman–Crippen MR) is 76.7 cm³/mol. The van der Waals surface area contributed by atoms with E-state index < -0.39 is 0 Å². The molecule has 1 aliphatic heterocycles. The fourth-order valence-corrected chi connectivity index (χ4v) is 3.88. The van der Waals surface area contributed by atoms with E-state index in [0.717, 1.165) is 32.1 Å². The lowest BCUT2D eigenvalue weighted by Gasteiger charge is -2.50. The van der Waals surface area contributed by atoms with Gasteiger partial charge in [0.15, 0.2) is 0 Å². The maximum absolute atomic E-state index is 9.47. The summed E-state index contributed by atoms with van der Waals surface area (Å²) in [4.78, 5) is 2.56. The van der Waals surface area contributed by atoms with E-state index in [1.165, 1.54) is 25.7 Å². The first kappa shape index (κ1) is 14.8. The molecule has 1 saturated carbocycles. The molecule has 1 saturated heterocycles. The van der Waals surface area contributed by atoms with E-state index in [-0.39, 0.29) is 11.5 Å². The first-order valence-electron chi connectivity index (χ1n) is 7.82. The van der Waals surface area contributed by atoms with Gasteiger partial charge in [0.1, 0.15) is 0 Å². The first-order valence-corrected chi connectivity index (χ1v) is 7.82. The third-order valence-electron chi connectivity index (χ3n) is 4.90. The van der Waals surface area contributed by atoms with E-state index in [1.807, 2.05) is 0 Å². The first-order chi connectivity index (χ1) is 9.08. The minimum atomic E-state index is 0.0755. The van der Waals surface area contributed by atoms with Crippen LogP contribution in [0.25, 0.3) is 0 Å². The minimum absolute atomic E-state index is 0.0755. The highest BCUT2D eigenvalue weighted by atomic mass is 16.5. The van der Waals surface area contributed by atoms with Crippen LogP contribution < -0.4 is 0 Å². The number of hydrogen-bond acceptors (Lipinski definition) is 3. The van der Waals surface area contributed by atoms with Crippen LogP contribution in [-0.4, -0.2) is 36.2 Å². The summed E-state index contributed by atoms with van der Waals surface area (Å²) in [6.45, 7) is 9.36. The second-order valence-electron chi connectivity index (χ2n) is 6.83. The Balaban J connectivity index is 2.11. The average Bonchev–Trinajstić information content (AvgIpc) is 2.38. The molecule has 0 bridgehead atoms. The monoisotopic (exact) mass is 264 g/mol. The molecule has 1 heterocycles. The molecule has 0 spiro atoms. The summed E-state index contributed by atoms with van der Waals surface area (Å²) in [5, 5.41) is 9.47. The molecule has 1 aliphatic carbocycles. The molecule has 2 aliphatic rings. The zero-order valence-electron chi connectivity index (χ0n) is 12.7. The van der Waals surface area contributed by atoms with Gasteiger partial charge in [0.2, 0.25) is 0 Å². The van der Waals surface area contributed by atoms with Crippen molar-refractivity contribution >= 4 is 0 Å². The largest absolute Gasteiger partial charge is 0.378 e. The van der Waals surface area contributed by atoms with Gasteiger partial charge in [-0.05, 0) is 39.0 Å². The van der Waals surface area contributed by atoms with Crippen LogP contribution in [0.3, 0.4) is 0 Å². The molecule has 3 heteroatoms. The second-order valence-corrected chi connectivity index (χ2v) is 6.83. The van der Waals surface area contributed by atoms with E-state index in [2.05, 4.69) is 31.7 Å². The van der Waals surface area contributed by atoms with Crippen LogP contribution in [0.2, 0.25) is 0 Å². The lowest BCUT2D eigenvalue weighted by Crippen LogP contribution is -2.59. The molecule has 3 nitrogen and oxygen atoms in total. The molecular formula is C16H28N2O. The normalized spacial score (nSPS) is 35.8. The summed E-state index contributed by atoms with van der Waals surface area (Å²) in [6.07, 6.45) is 6.11. The van der Waals surface area contributed by atoms with Gasteiger partial charge >= 0.3 is 0 Å². The van der Waals surface area contributed by atoms with Gasteiger partial charge < -0.3 is 4.74 Å². The van der Waals surface area contributed by atoms with Gasteiger partial charge in [0.05, 0.1) is 25.2 Å². The number of morpholine rings is 1. The Morgan fingerprint density at radius 1 is 1.37 bits per heavy atom.